The topological polar surface area (TPSA) is 106 Å². The van der Waals surface area contributed by atoms with Crippen molar-refractivity contribution in [3.05, 3.63) is 22.2 Å². The summed E-state index contributed by atoms with van der Waals surface area (Å²) in [5, 5.41) is 10.7. The SMILES string of the molecule is CNC(=O)c1sc(NCc2noc(C)n2)c(C2CC2)c1N. The van der Waals surface area contributed by atoms with Crippen LogP contribution in [0.15, 0.2) is 4.52 Å². The Hall–Kier alpha value is -2.09. The van der Waals surface area contributed by atoms with E-state index in [1.807, 2.05) is 0 Å². The number of carbonyl (C=O) groups is 1. The maximum absolute atomic E-state index is 11.9. The average Bonchev–Trinajstić information content (AvgIpc) is 3.13. The zero-order valence-electron chi connectivity index (χ0n) is 11.9. The largest absolute Gasteiger partial charge is 0.397 e. The number of aryl methyl sites for hydroxylation is 1. The zero-order valence-corrected chi connectivity index (χ0v) is 12.7. The lowest BCUT2D eigenvalue weighted by Gasteiger charge is -2.04. The van der Waals surface area contributed by atoms with Gasteiger partial charge in [0.15, 0.2) is 5.82 Å². The smallest absolute Gasteiger partial charge is 0.263 e. The minimum Gasteiger partial charge on any atom is -0.397 e. The van der Waals surface area contributed by atoms with E-state index in [4.69, 9.17) is 10.3 Å². The van der Waals surface area contributed by atoms with Crippen molar-refractivity contribution in [1.82, 2.24) is 15.5 Å². The summed E-state index contributed by atoms with van der Waals surface area (Å²) in [6, 6.07) is 0. The standard InChI is InChI=1S/C13H17N5O2S/c1-6-17-8(18-20-6)5-16-13-9(7-3-4-7)10(14)11(21-13)12(19)15-2/h7,16H,3-5,14H2,1-2H3,(H,15,19). The van der Waals surface area contributed by atoms with Gasteiger partial charge in [-0.05, 0) is 18.8 Å². The first-order chi connectivity index (χ1) is 10.1. The molecule has 1 fully saturated rings. The second-order valence-corrected chi connectivity index (χ2v) is 6.04. The zero-order chi connectivity index (χ0) is 15.0. The number of thiophene rings is 1. The van der Waals surface area contributed by atoms with Crippen LogP contribution in [0.4, 0.5) is 10.7 Å². The van der Waals surface area contributed by atoms with Crippen molar-refractivity contribution in [3.63, 3.8) is 0 Å². The maximum atomic E-state index is 11.9. The fraction of sp³-hybridized carbons (Fsp3) is 0.462. The van der Waals surface area contributed by atoms with Crippen molar-refractivity contribution >= 4 is 27.9 Å². The molecule has 0 atom stereocenters. The fourth-order valence-corrected chi connectivity index (χ4v) is 3.37. The first-order valence-corrected chi connectivity index (χ1v) is 7.59. The molecule has 0 unspecified atom stereocenters. The number of aromatic nitrogens is 2. The molecule has 2 aromatic heterocycles. The van der Waals surface area contributed by atoms with E-state index in [1.54, 1.807) is 14.0 Å². The molecular weight excluding hydrogens is 290 g/mol. The Balaban J connectivity index is 1.84. The summed E-state index contributed by atoms with van der Waals surface area (Å²) in [6.45, 7) is 2.20. The van der Waals surface area contributed by atoms with Gasteiger partial charge >= 0.3 is 0 Å². The summed E-state index contributed by atoms with van der Waals surface area (Å²) in [6.07, 6.45) is 2.23. The molecular formula is C13H17N5O2S. The predicted molar refractivity (Wildman–Crippen MR) is 80.5 cm³/mol. The predicted octanol–water partition coefficient (Wildman–Crippen LogP) is 1.87. The molecule has 0 aliphatic heterocycles. The average molecular weight is 307 g/mol. The lowest BCUT2D eigenvalue weighted by molar-refractivity contribution is 0.0968. The van der Waals surface area contributed by atoms with E-state index in [0.717, 1.165) is 23.4 Å². The van der Waals surface area contributed by atoms with Crippen LogP contribution in [0.5, 0.6) is 0 Å². The number of rotatable bonds is 5. The van der Waals surface area contributed by atoms with Crippen LogP contribution in [0.2, 0.25) is 0 Å². The van der Waals surface area contributed by atoms with Gasteiger partial charge in [0.25, 0.3) is 5.91 Å². The van der Waals surface area contributed by atoms with Crippen LogP contribution in [-0.4, -0.2) is 23.1 Å². The minimum atomic E-state index is -0.150. The van der Waals surface area contributed by atoms with Gasteiger partial charge in [0.05, 0.1) is 17.2 Å². The quantitative estimate of drug-likeness (QED) is 0.778. The lowest BCUT2D eigenvalue weighted by atomic mass is 10.1. The van der Waals surface area contributed by atoms with Crippen molar-refractivity contribution in [2.75, 3.05) is 18.1 Å². The third-order valence-electron chi connectivity index (χ3n) is 3.38. The number of hydrogen-bond donors (Lipinski definition) is 3. The Kier molecular flexibility index (Phi) is 3.54. The summed E-state index contributed by atoms with van der Waals surface area (Å²) < 4.78 is 4.94. The molecule has 0 aromatic carbocycles. The van der Waals surface area contributed by atoms with Crippen LogP contribution in [0.3, 0.4) is 0 Å². The van der Waals surface area contributed by atoms with Crippen molar-refractivity contribution in [3.8, 4) is 0 Å². The van der Waals surface area contributed by atoms with Crippen LogP contribution in [-0.2, 0) is 6.54 Å². The van der Waals surface area contributed by atoms with E-state index < -0.39 is 0 Å². The van der Waals surface area contributed by atoms with Gasteiger partial charge in [-0.3, -0.25) is 4.79 Å². The maximum Gasteiger partial charge on any atom is 0.263 e. The molecule has 0 saturated heterocycles. The molecule has 2 heterocycles. The Morgan fingerprint density at radius 1 is 1.52 bits per heavy atom. The fourth-order valence-electron chi connectivity index (χ4n) is 2.22. The van der Waals surface area contributed by atoms with E-state index in [2.05, 4.69) is 20.8 Å². The molecule has 1 amide bonds. The van der Waals surface area contributed by atoms with Crippen LogP contribution >= 0.6 is 11.3 Å². The van der Waals surface area contributed by atoms with Gasteiger partial charge in [-0.2, -0.15) is 4.98 Å². The van der Waals surface area contributed by atoms with Crippen molar-refractivity contribution in [2.24, 2.45) is 0 Å². The number of hydrogen-bond acceptors (Lipinski definition) is 7. The third-order valence-corrected chi connectivity index (χ3v) is 4.56. The molecule has 21 heavy (non-hydrogen) atoms. The molecule has 4 N–H and O–H groups in total. The van der Waals surface area contributed by atoms with Gasteiger partial charge in [-0.25, -0.2) is 0 Å². The van der Waals surface area contributed by atoms with Gasteiger partial charge in [-0.1, -0.05) is 5.16 Å². The number of nitrogens with two attached hydrogens (primary N) is 1. The Labute approximate surface area is 125 Å². The number of nitrogens with one attached hydrogen (secondary N) is 2. The first kappa shape index (κ1) is 13.9. The third kappa shape index (κ3) is 2.71. The highest BCUT2D eigenvalue weighted by molar-refractivity contribution is 7.18. The van der Waals surface area contributed by atoms with Gasteiger partial charge in [-0.15, -0.1) is 11.3 Å². The molecule has 8 heteroatoms. The normalized spacial score (nSPS) is 14.2. The summed E-state index contributed by atoms with van der Waals surface area (Å²) in [4.78, 5) is 16.6. The van der Waals surface area contributed by atoms with Gasteiger partial charge in [0.2, 0.25) is 5.89 Å². The summed E-state index contributed by atoms with van der Waals surface area (Å²) >= 11 is 1.38. The summed E-state index contributed by atoms with van der Waals surface area (Å²) in [5.74, 6) is 1.42. The molecule has 0 bridgehead atoms. The summed E-state index contributed by atoms with van der Waals surface area (Å²) in [5.41, 5.74) is 7.80. The molecule has 1 aliphatic rings. The molecule has 1 saturated carbocycles. The monoisotopic (exact) mass is 307 g/mol. The van der Waals surface area contributed by atoms with E-state index in [-0.39, 0.29) is 5.91 Å². The molecule has 1 aliphatic carbocycles. The Morgan fingerprint density at radius 2 is 2.29 bits per heavy atom. The highest BCUT2D eigenvalue weighted by atomic mass is 32.1. The van der Waals surface area contributed by atoms with E-state index in [1.165, 1.54) is 11.3 Å². The van der Waals surface area contributed by atoms with Crippen molar-refractivity contribution in [1.29, 1.82) is 0 Å². The molecule has 3 rings (SSSR count). The lowest BCUT2D eigenvalue weighted by Crippen LogP contribution is -2.17. The molecule has 112 valence electrons. The number of carbonyl (C=O) groups excluding carboxylic acids is 1. The van der Waals surface area contributed by atoms with Crippen LogP contribution in [0.25, 0.3) is 0 Å². The van der Waals surface area contributed by atoms with Crippen LogP contribution < -0.4 is 16.4 Å². The number of nitrogens with zero attached hydrogens (tertiary/aromatic N) is 2. The van der Waals surface area contributed by atoms with Crippen LogP contribution in [0.1, 0.15) is 45.7 Å². The molecule has 0 spiro atoms. The van der Waals surface area contributed by atoms with E-state index in [0.29, 0.717) is 34.7 Å². The van der Waals surface area contributed by atoms with E-state index >= 15 is 0 Å². The summed E-state index contributed by atoms with van der Waals surface area (Å²) in [7, 11) is 1.60. The first-order valence-electron chi connectivity index (χ1n) is 6.77. The Morgan fingerprint density at radius 3 is 2.86 bits per heavy atom. The minimum absolute atomic E-state index is 0.150. The Bertz CT molecular complexity index is 674. The van der Waals surface area contributed by atoms with E-state index in [9.17, 15) is 4.79 Å². The second-order valence-electron chi connectivity index (χ2n) is 5.02. The number of amides is 1. The number of nitrogen functional groups attached to an aromatic ring is 1. The van der Waals surface area contributed by atoms with Gasteiger partial charge < -0.3 is 20.9 Å². The van der Waals surface area contributed by atoms with Crippen LogP contribution in [0, 0.1) is 6.92 Å². The molecule has 2 aromatic rings. The highest BCUT2D eigenvalue weighted by Crippen LogP contribution is 2.50. The van der Waals surface area contributed by atoms with Gasteiger partial charge in [0.1, 0.15) is 4.88 Å². The van der Waals surface area contributed by atoms with Crippen molar-refractivity contribution < 1.29 is 9.32 Å². The van der Waals surface area contributed by atoms with Crippen molar-refractivity contribution in [2.45, 2.75) is 32.2 Å². The van der Waals surface area contributed by atoms with Gasteiger partial charge in [0, 0.05) is 19.5 Å². The molecule has 0 radical (unpaired) electrons. The second kappa shape index (κ2) is 5.36. The highest BCUT2D eigenvalue weighted by Gasteiger charge is 2.32. The number of anilines is 2. The molecule has 7 nitrogen and oxygen atoms in total.